The molecular formula is C22H21N5O2S. The van der Waals surface area contributed by atoms with Crippen LogP contribution >= 0.6 is 11.8 Å². The van der Waals surface area contributed by atoms with Gasteiger partial charge in [0.25, 0.3) is 0 Å². The molecule has 0 saturated carbocycles. The Hall–Kier alpha value is -3.39. The molecule has 2 heterocycles. The summed E-state index contributed by atoms with van der Waals surface area (Å²) in [7, 11) is 1.57. The highest BCUT2D eigenvalue weighted by molar-refractivity contribution is 8.00. The molecule has 4 rings (SSSR count). The molecule has 0 atom stereocenters. The van der Waals surface area contributed by atoms with Crippen LogP contribution in [0.5, 0.6) is 5.75 Å². The number of thioether (sulfide) groups is 1. The molecule has 0 saturated heterocycles. The zero-order valence-corrected chi connectivity index (χ0v) is 17.7. The van der Waals surface area contributed by atoms with E-state index in [0.717, 1.165) is 16.6 Å². The smallest absolute Gasteiger partial charge is 0.234 e. The standard InChI is InChI=1S/C22H21N5O2S/c1-14-8-9-18(15(2)10-14)27-21-16(11-25-27)22(24-13-23-21)30-12-20(28)26-17-6-4-5-7-19(17)29-3/h4-11,13H,12H2,1-3H3,(H,26,28). The second-order valence-electron chi connectivity index (χ2n) is 6.80. The Morgan fingerprint density at radius 2 is 2.00 bits per heavy atom. The number of carbonyl (C=O) groups excluding carboxylic acids is 1. The van der Waals surface area contributed by atoms with Crippen molar-refractivity contribution in [1.29, 1.82) is 0 Å². The summed E-state index contributed by atoms with van der Waals surface area (Å²) in [6.07, 6.45) is 3.25. The Morgan fingerprint density at radius 1 is 1.17 bits per heavy atom. The second kappa shape index (κ2) is 8.54. The Morgan fingerprint density at radius 3 is 2.80 bits per heavy atom. The number of hydrogen-bond acceptors (Lipinski definition) is 6. The first-order valence-corrected chi connectivity index (χ1v) is 10.4. The number of benzene rings is 2. The van der Waals surface area contributed by atoms with Gasteiger partial charge < -0.3 is 10.1 Å². The summed E-state index contributed by atoms with van der Waals surface area (Å²) in [6.45, 7) is 4.11. The fraction of sp³-hybridized carbons (Fsp3) is 0.182. The van der Waals surface area contributed by atoms with Gasteiger partial charge in [0.2, 0.25) is 5.91 Å². The van der Waals surface area contributed by atoms with Crippen molar-refractivity contribution in [2.75, 3.05) is 18.2 Å². The van der Waals surface area contributed by atoms with Gasteiger partial charge >= 0.3 is 0 Å². The van der Waals surface area contributed by atoms with E-state index in [0.29, 0.717) is 22.1 Å². The number of anilines is 1. The van der Waals surface area contributed by atoms with Gasteiger partial charge in [0.1, 0.15) is 17.1 Å². The number of aryl methyl sites for hydroxylation is 2. The highest BCUT2D eigenvalue weighted by atomic mass is 32.2. The molecule has 0 aliphatic heterocycles. The Labute approximate surface area is 178 Å². The van der Waals surface area contributed by atoms with Crippen molar-refractivity contribution < 1.29 is 9.53 Å². The van der Waals surface area contributed by atoms with Crippen molar-refractivity contribution in [2.45, 2.75) is 18.9 Å². The van der Waals surface area contributed by atoms with E-state index < -0.39 is 0 Å². The lowest BCUT2D eigenvalue weighted by molar-refractivity contribution is -0.113. The van der Waals surface area contributed by atoms with Gasteiger partial charge in [0, 0.05) is 0 Å². The van der Waals surface area contributed by atoms with E-state index in [9.17, 15) is 4.79 Å². The van der Waals surface area contributed by atoms with Gasteiger partial charge in [-0.05, 0) is 37.6 Å². The minimum absolute atomic E-state index is 0.141. The zero-order chi connectivity index (χ0) is 21.1. The van der Waals surface area contributed by atoms with E-state index in [1.165, 1.54) is 23.7 Å². The van der Waals surface area contributed by atoms with Crippen LogP contribution in [-0.2, 0) is 4.79 Å². The number of hydrogen-bond donors (Lipinski definition) is 1. The minimum atomic E-state index is -0.141. The molecule has 7 nitrogen and oxygen atoms in total. The number of aromatic nitrogens is 4. The van der Waals surface area contributed by atoms with E-state index in [1.54, 1.807) is 25.4 Å². The average Bonchev–Trinajstić information content (AvgIpc) is 3.17. The Balaban J connectivity index is 1.54. The summed E-state index contributed by atoms with van der Waals surface area (Å²) in [6, 6.07) is 13.5. The molecule has 152 valence electrons. The SMILES string of the molecule is COc1ccccc1NC(=O)CSc1ncnc2c1cnn2-c1ccc(C)cc1C. The molecule has 4 aromatic rings. The van der Waals surface area contributed by atoms with E-state index >= 15 is 0 Å². The Bertz CT molecular complexity index is 1220. The second-order valence-corrected chi connectivity index (χ2v) is 7.76. The molecule has 1 amide bonds. The lowest BCUT2D eigenvalue weighted by Gasteiger charge is -2.10. The molecular weight excluding hydrogens is 398 g/mol. The van der Waals surface area contributed by atoms with Crippen LogP contribution in [-0.4, -0.2) is 38.5 Å². The van der Waals surface area contributed by atoms with Crippen LogP contribution in [0.15, 0.2) is 60.0 Å². The molecule has 2 aromatic carbocycles. The molecule has 30 heavy (non-hydrogen) atoms. The molecule has 8 heteroatoms. The van der Waals surface area contributed by atoms with Gasteiger partial charge in [-0.2, -0.15) is 5.10 Å². The van der Waals surface area contributed by atoms with E-state index in [-0.39, 0.29) is 11.7 Å². The quantitative estimate of drug-likeness (QED) is 0.373. The van der Waals surface area contributed by atoms with E-state index in [4.69, 9.17) is 4.74 Å². The van der Waals surface area contributed by atoms with Crippen LogP contribution in [0.1, 0.15) is 11.1 Å². The summed E-state index contributed by atoms with van der Waals surface area (Å²) in [5, 5.41) is 8.92. The fourth-order valence-corrected chi connectivity index (χ4v) is 3.99. The maximum Gasteiger partial charge on any atom is 0.234 e. The van der Waals surface area contributed by atoms with Crippen molar-refractivity contribution in [3.05, 3.63) is 66.1 Å². The van der Waals surface area contributed by atoms with Gasteiger partial charge in [-0.3, -0.25) is 4.79 Å². The first-order chi connectivity index (χ1) is 14.6. The van der Waals surface area contributed by atoms with Gasteiger partial charge in [0.05, 0.1) is 35.8 Å². The number of nitrogens with one attached hydrogen (secondary N) is 1. The molecule has 0 radical (unpaired) electrons. The monoisotopic (exact) mass is 419 g/mol. The van der Waals surface area contributed by atoms with Crippen LogP contribution < -0.4 is 10.1 Å². The Kier molecular flexibility index (Phi) is 5.67. The molecule has 0 bridgehead atoms. The van der Waals surface area contributed by atoms with Crippen molar-refractivity contribution in [2.24, 2.45) is 0 Å². The highest BCUT2D eigenvalue weighted by Gasteiger charge is 2.15. The summed E-state index contributed by atoms with van der Waals surface area (Å²) < 4.78 is 7.09. The molecule has 0 unspecified atom stereocenters. The van der Waals surface area contributed by atoms with Crippen molar-refractivity contribution in [3.63, 3.8) is 0 Å². The lowest BCUT2D eigenvalue weighted by atomic mass is 10.1. The maximum atomic E-state index is 12.4. The summed E-state index contributed by atoms with van der Waals surface area (Å²) in [4.78, 5) is 21.2. The predicted molar refractivity (Wildman–Crippen MR) is 118 cm³/mol. The summed E-state index contributed by atoms with van der Waals surface area (Å²) in [5.41, 5.74) is 4.63. The summed E-state index contributed by atoms with van der Waals surface area (Å²) in [5.74, 6) is 0.687. The third-order valence-corrected chi connectivity index (χ3v) is 5.64. The normalized spacial score (nSPS) is 10.9. The van der Waals surface area contributed by atoms with Crippen molar-refractivity contribution in [1.82, 2.24) is 19.7 Å². The molecule has 0 spiro atoms. The number of ether oxygens (including phenoxy) is 1. The average molecular weight is 420 g/mol. The molecule has 2 aromatic heterocycles. The minimum Gasteiger partial charge on any atom is -0.495 e. The molecule has 0 aliphatic rings. The molecule has 0 fully saturated rings. The van der Waals surface area contributed by atoms with E-state index in [2.05, 4.69) is 46.4 Å². The number of amides is 1. The van der Waals surface area contributed by atoms with Crippen LogP contribution in [0, 0.1) is 13.8 Å². The largest absolute Gasteiger partial charge is 0.495 e. The number of rotatable bonds is 6. The molecule has 0 aliphatic carbocycles. The van der Waals surface area contributed by atoms with Gasteiger partial charge in [-0.15, -0.1) is 0 Å². The van der Waals surface area contributed by atoms with Gasteiger partial charge in [0.15, 0.2) is 5.65 Å². The first-order valence-electron chi connectivity index (χ1n) is 9.39. The third-order valence-electron chi connectivity index (χ3n) is 4.63. The van der Waals surface area contributed by atoms with E-state index in [1.807, 2.05) is 22.9 Å². The number of fused-ring (bicyclic) bond motifs is 1. The van der Waals surface area contributed by atoms with Crippen LogP contribution in [0.25, 0.3) is 16.7 Å². The highest BCUT2D eigenvalue weighted by Crippen LogP contribution is 2.28. The number of methoxy groups -OCH3 is 1. The van der Waals surface area contributed by atoms with Gasteiger partial charge in [-0.25, -0.2) is 14.6 Å². The summed E-state index contributed by atoms with van der Waals surface area (Å²) >= 11 is 1.35. The predicted octanol–water partition coefficient (Wildman–Crippen LogP) is 4.17. The van der Waals surface area contributed by atoms with Crippen molar-refractivity contribution >= 4 is 34.4 Å². The zero-order valence-electron chi connectivity index (χ0n) is 16.9. The first kappa shape index (κ1) is 19.9. The third kappa shape index (κ3) is 3.99. The maximum absolute atomic E-state index is 12.4. The number of nitrogens with zero attached hydrogens (tertiary/aromatic N) is 4. The van der Waals surface area contributed by atoms with Gasteiger partial charge in [-0.1, -0.05) is 41.6 Å². The topological polar surface area (TPSA) is 81.9 Å². The number of carbonyl (C=O) groups is 1. The lowest BCUT2D eigenvalue weighted by Crippen LogP contribution is -2.14. The number of para-hydroxylation sites is 2. The van der Waals surface area contributed by atoms with Crippen LogP contribution in [0.4, 0.5) is 5.69 Å². The molecule has 1 N–H and O–H groups in total. The van der Waals surface area contributed by atoms with Crippen molar-refractivity contribution in [3.8, 4) is 11.4 Å². The fourth-order valence-electron chi connectivity index (χ4n) is 3.23. The van der Waals surface area contributed by atoms with Crippen LogP contribution in [0.3, 0.4) is 0 Å². The van der Waals surface area contributed by atoms with Crippen LogP contribution in [0.2, 0.25) is 0 Å².